The summed E-state index contributed by atoms with van der Waals surface area (Å²) in [6.45, 7) is 1.18. The zero-order valence-electron chi connectivity index (χ0n) is 19.4. The van der Waals surface area contributed by atoms with E-state index in [4.69, 9.17) is 0 Å². The van der Waals surface area contributed by atoms with Crippen LogP contribution in [-0.4, -0.2) is 61.9 Å². The molecule has 1 aromatic carbocycles. The molecule has 9 nitrogen and oxygen atoms in total. The summed E-state index contributed by atoms with van der Waals surface area (Å²) in [4.78, 5) is 57.3. The van der Waals surface area contributed by atoms with Crippen molar-refractivity contribution >= 4 is 29.3 Å². The van der Waals surface area contributed by atoms with Gasteiger partial charge in [-0.2, -0.15) is 0 Å². The molecular weight excluding hydrogens is 465 g/mol. The number of amides is 4. The van der Waals surface area contributed by atoms with E-state index >= 15 is 4.39 Å². The third kappa shape index (κ3) is 3.64. The van der Waals surface area contributed by atoms with Gasteiger partial charge in [-0.3, -0.25) is 28.9 Å². The first kappa shape index (κ1) is 22.4. The van der Waals surface area contributed by atoms with E-state index in [2.05, 4.69) is 10.3 Å². The van der Waals surface area contributed by atoms with Crippen molar-refractivity contribution < 1.29 is 23.6 Å². The average molecular weight is 490 g/mol. The van der Waals surface area contributed by atoms with E-state index in [1.54, 1.807) is 21.6 Å². The quantitative estimate of drug-likeness (QED) is 0.569. The van der Waals surface area contributed by atoms with E-state index in [-0.39, 0.29) is 42.7 Å². The van der Waals surface area contributed by atoms with Crippen LogP contribution in [-0.2, 0) is 16.1 Å². The molecular formula is C26H24FN5O4. The van der Waals surface area contributed by atoms with E-state index < -0.39 is 23.7 Å². The first-order valence-corrected chi connectivity index (χ1v) is 12.1. The summed E-state index contributed by atoms with van der Waals surface area (Å²) in [7, 11) is 0. The molecule has 2 fully saturated rings. The van der Waals surface area contributed by atoms with Gasteiger partial charge in [0.25, 0.3) is 11.8 Å². The largest absolute Gasteiger partial charge is 0.337 e. The number of nitrogens with one attached hydrogen (secondary N) is 1. The van der Waals surface area contributed by atoms with Gasteiger partial charge >= 0.3 is 0 Å². The van der Waals surface area contributed by atoms with Crippen molar-refractivity contribution in [2.24, 2.45) is 0 Å². The Morgan fingerprint density at radius 2 is 1.89 bits per heavy atom. The minimum Gasteiger partial charge on any atom is -0.337 e. The molecule has 0 spiro atoms. The third-order valence-electron chi connectivity index (χ3n) is 7.50. The molecule has 5 heterocycles. The van der Waals surface area contributed by atoms with Crippen molar-refractivity contribution in [1.29, 1.82) is 0 Å². The SMILES string of the molecule is O=C1CCC(N2Cc3cc(C4CCN(C(=O)c5cnc6ccccn56)CC4)c(F)cc3C2=O)C(=O)N1. The van der Waals surface area contributed by atoms with Gasteiger partial charge < -0.3 is 9.80 Å². The number of aromatic nitrogens is 2. The molecule has 0 bridgehead atoms. The van der Waals surface area contributed by atoms with Gasteiger partial charge in [0.15, 0.2) is 0 Å². The van der Waals surface area contributed by atoms with Crippen LogP contribution in [0.3, 0.4) is 0 Å². The molecule has 3 aliphatic rings. The van der Waals surface area contributed by atoms with Crippen LogP contribution in [0.2, 0.25) is 0 Å². The summed E-state index contributed by atoms with van der Waals surface area (Å²) >= 11 is 0. The Labute approximate surface area is 205 Å². The summed E-state index contributed by atoms with van der Waals surface area (Å²) in [5, 5.41) is 2.28. The summed E-state index contributed by atoms with van der Waals surface area (Å²) in [6, 6.07) is 7.83. The number of carbonyl (C=O) groups is 4. The van der Waals surface area contributed by atoms with Crippen molar-refractivity contribution in [3.05, 3.63) is 70.9 Å². The van der Waals surface area contributed by atoms with Crippen LogP contribution in [0.15, 0.2) is 42.7 Å². The number of pyridine rings is 1. The summed E-state index contributed by atoms with van der Waals surface area (Å²) < 4.78 is 16.9. The average Bonchev–Trinajstić information content (AvgIpc) is 3.45. The van der Waals surface area contributed by atoms with E-state index in [0.717, 1.165) is 0 Å². The first-order valence-electron chi connectivity index (χ1n) is 12.1. The minimum absolute atomic E-state index is 0.0821. The maximum Gasteiger partial charge on any atom is 0.272 e. The van der Waals surface area contributed by atoms with Crippen molar-refractivity contribution in [1.82, 2.24) is 24.5 Å². The lowest BCUT2D eigenvalue weighted by Gasteiger charge is -2.32. The van der Waals surface area contributed by atoms with Gasteiger partial charge in [-0.25, -0.2) is 9.37 Å². The van der Waals surface area contributed by atoms with E-state index in [0.29, 0.717) is 48.4 Å². The fourth-order valence-electron chi connectivity index (χ4n) is 5.57. The molecule has 184 valence electrons. The molecule has 0 aliphatic carbocycles. The Balaban J connectivity index is 1.16. The van der Waals surface area contributed by atoms with Gasteiger partial charge in [0.05, 0.1) is 6.20 Å². The Morgan fingerprint density at radius 3 is 2.67 bits per heavy atom. The number of imidazole rings is 1. The number of rotatable bonds is 3. The highest BCUT2D eigenvalue weighted by Crippen LogP contribution is 2.35. The maximum absolute atomic E-state index is 15.2. The molecule has 1 N–H and O–H groups in total. The fraction of sp³-hybridized carbons (Fsp3) is 0.346. The third-order valence-corrected chi connectivity index (χ3v) is 7.50. The molecule has 3 aromatic rings. The molecule has 10 heteroatoms. The van der Waals surface area contributed by atoms with Gasteiger partial charge in [0.2, 0.25) is 11.8 Å². The topological polar surface area (TPSA) is 104 Å². The zero-order chi connectivity index (χ0) is 25.0. The van der Waals surface area contributed by atoms with Gasteiger partial charge in [-0.05, 0) is 54.5 Å². The number of hydrogen-bond donors (Lipinski definition) is 1. The number of halogens is 1. The number of piperidine rings is 2. The molecule has 2 aromatic heterocycles. The van der Waals surface area contributed by atoms with Crippen LogP contribution in [0.1, 0.15) is 63.6 Å². The summed E-state index contributed by atoms with van der Waals surface area (Å²) in [6.07, 6.45) is 5.02. The highest BCUT2D eigenvalue weighted by molar-refractivity contribution is 6.05. The van der Waals surface area contributed by atoms with Gasteiger partial charge in [-0.1, -0.05) is 12.1 Å². The Morgan fingerprint density at radius 1 is 1.08 bits per heavy atom. The number of likely N-dealkylation sites (tertiary alicyclic amines) is 1. The van der Waals surface area contributed by atoms with Crippen molar-refractivity contribution in [3.63, 3.8) is 0 Å². The second kappa shape index (κ2) is 8.54. The van der Waals surface area contributed by atoms with Gasteiger partial charge in [-0.15, -0.1) is 0 Å². The van der Waals surface area contributed by atoms with Gasteiger partial charge in [0.1, 0.15) is 23.2 Å². The Bertz CT molecular complexity index is 1420. The van der Waals surface area contributed by atoms with E-state index in [1.807, 2.05) is 24.4 Å². The lowest BCUT2D eigenvalue weighted by atomic mass is 9.87. The molecule has 36 heavy (non-hydrogen) atoms. The van der Waals surface area contributed by atoms with Crippen LogP contribution in [0.5, 0.6) is 0 Å². The maximum atomic E-state index is 15.2. The molecule has 2 saturated heterocycles. The van der Waals surface area contributed by atoms with Crippen molar-refractivity contribution in [2.45, 2.75) is 44.2 Å². The van der Waals surface area contributed by atoms with Gasteiger partial charge in [0, 0.05) is 37.8 Å². The molecule has 3 aliphatic heterocycles. The second-order valence-corrected chi connectivity index (χ2v) is 9.57. The summed E-state index contributed by atoms with van der Waals surface area (Å²) in [5.74, 6) is -1.86. The number of fused-ring (bicyclic) bond motifs is 2. The van der Waals surface area contributed by atoms with E-state index in [9.17, 15) is 19.2 Å². The molecule has 1 unspecified atom stereocenters. The smallest absolute Gasteiger partial charge is 0.272 e. The number of carbonyl (C=O) groups excluding carboxylic acids is 4. The van der Waals surface area contributed by atoms with Crippen LogP contribution in [0.4, 0.5) is 4.39 Å². The molecule has 0 radical (unpaired) electrons. The number of benzene rings is 1. The molecule has 0 saturated carbocycles. The van der Waals surface area contributed by atoms with Crippen LogP contribution in [0.25, 0.3) is 5.65 Å². The highest BCUT2D eigenvalue weighted by atomic mass is 19.1. The standard InChI is InChI=1S/C26H24FN5O4/c27-19-12-18-16(14-32(25(18)35)20-4-5-23(33)29-24(20)34)11-17(19)15-6-9-30(10-7-15)26(36)21-13-28-22-3-1-2-8-31(21)22/h1-3,8,11-13,15,20H,4-7,9-10,14H2,(H,29,33,34). The molecule has 1 atom stereocenters. The van der Waals surface area contributed by atoms with Crippen LogP contribution < -0.4 is 5.32 Å². The number of nitrogens with zero attached hydrogens (tertiary/aromatic N) is 4. The second-order valence-electron chi connectivity index (χ2n) is 9.57. The van der Waals surface area contributed by atoms with E-state index in [1.165, 1.54) is 11.0 Å². The Kier molecular flexibility index (Phi) is 5.31. The van der Waals surface area contributed by atoms with Crippen LogP contribution >= 0.6 is 0 Å². The molecule has 4 amide bonds. The lowest BCUT2D eigenvalue weighted by Crippen LogP contribution is -2.52. The minimum atomic E-state index is -0.733. The van der Waals surface area contributed by atoms with Crippen molar-refractivity contribution in [3.8, 4) is 0 Å². The zero-order valence-corrected chi connectivity index (χ0v) is 19.4. The predicted octanol–water partition coefficient (Wildman–Crippen LogP) is 2.25. The molecule has 6 rings (SSSR count). The Hall–Kier alpha value is -4.08. The first-order chi connectivity index (χ1) is 17.4. The summed E-state index contributed by atoms with van der Waals surface area (Å²) in [5.41, 5.74) is 2.69. The van der Waals surface area contributed by atoms with Crippen LogP contribution in [0, 0.1) is 5.82 Å². The normalized spacial score (nSPS) is 20.7. The highest BCUT2D eigenvalue weighted by Gasteiger charge is 2.40. The fourth-order valence-corrected chi connectivity index (χ4v) is 5.57. The monoisotopic (exact) mass is 489 g/mol. The lowest BCUT2D eigenvalue weighted by molar-refractivity contribution is -0.136. The predicted molar refractivity (Wildman–Crippen MR) is 126 cm³/mol. The van der Waals surface area contributed by atoms with Crippen molar-refractivity contribution in [2.75, 3.05) is 13.1 Å². The number of hydrogen-bond acceptors (Lipinski definition) is 5. The number of imide groups is 1.